The topological polar surface area (TPSA) is 80.2 Å². The third-order valence-electron chi connectivity index (χ3n) is 5.49. The molecule has 4 rings (SSSR count). The summed E-state index contributed by atoms with van der Waals surface area (Å²) in [6, 6.07) is 9.85. The Morgan fingerprint density at radius 3 is 2.84 bits per heavy atom. The number of hydrogen-bond acceptors (Lipinski definition) is 6. The number of piperidine rings is 1. The fourth-order valence-corrected chi connectivity index (χ4v) is 3.69. The van der Waals surface area contributed by atoms with E-state index in [-0.39, 0.29) is 11.8 Å². The molecule has 0 saturated carbocycles. The van der Waals surface area contributed by atoms with Crippen molar-refractivity contribution in [2.45, 2.75) is 33.2 Å². The standard InChI is InChI=1S/C24H27N5O2/c1-17-5-6-18(2)21(12-17)31-23-8-7-19(13-27-23)14-28-24(30)20-4-3-11-29(16-20)22-15-25-9-10-26-22/h5-10,12-13,15,20H,3-4,11,14,16H2,1-2H3,(H,28,30). The van der Waals surface area contributed by atoms with Crippen molar-refractivity contribution in [3.05, 3.63) is 71.8 Å². The van der Waals surface area contributed by atoms with Gasteiger partial charge in [0.05, 0.1) is 12.1 Å². The van der Waals surface area contributed by atoms with Gasteiger partial charge in [-0.25, -0.2) is 9.97 Å². The first-order valence-corrected chi connectivity index (χ1v) is 10.6. The fraction of sp³-hybridized carbons (Fsp3) is 0.333. The van der Waals surface area contributed by atoms with E-state index in [0.29, 0.717) is 19.0 Å². The molecule has 1 N–H and O–H groups in total. The van der Waals surface area contributed by atoms with Crippen molar-refractivity contribution >= 4 is 11.7 Å². The van der Waals surface area contributed by atoms with Gasteiger partial charge in [0, 0.05) is 44.3 Å². The smallest absolute Gasteiger partial charge is 0.225 e. The predicted molar refractivity (Wildman–Crippen MR) is 119 cm³/mol. The molecule has 1 fully saturated rings. The highest BCUT2D eigenvalue weighted by molar-refractivity contribution is 5.79. The summed E-state index contributed by atoms with van der Waals surface area (Å²) >= 11 is 0. The molecule has 0 radical (unpaired) electrons. The number of aromatic nitrogens is 3. The maximum Gasteiger partial charge on any atom is 0.225 e. The fourth-order valence-electron chi connectivity index (χ4n) is 3.69. The average molecular weight is 418 g/mol. The summed E-state index contributed by atoms with van der Waals surface area (Å²) in [5, 5.41) is 3.04. The van der Waals surface area contributed by atoms with Gasteiger partial charge in [-0.1, -0.05) is 18.2 Å². The van der Waals surface area contributed by atoms with Gasteiger partial charge in [0.15, 0.2) is 0 Å². The van der Waals surface area contributed by atoms with E-state index >= 15 is 0 Å². The first kappa shape index (κ1) is 20.8. The van der Waals surface area contributed by atoms with Crippen LogP contribution in [0.5, 0.6) is 11.6 Å². The Labute approximate surface area is 182 Å². The summed E-state index contributed by atoms with van der Waals surface area (Å²) in [5.74, 6) is 2.16. The Balaban J connectivity index is 1.30. The monoisotopic (exact) mass is 417 g/mol. The van der Waals surface area contributed by atoms with Crippen molar-refractivity contribution in [3.63, 3.8) is 0 Å². The molecule has 1 saturated heterocycles. The number of pyridine rings is 1. The molecule has 3 heterocycles. The lowest BCUT2D eigenvalue weighted by atomic mass is 9.97. The van der Waals surface area contributed by atoms with Gasteiger partial charge in [0.1, 0.15) is 11.6 Å². The summed E-state index contributed by atoms with van der Waals surface area (Å²) in [7, 11) is 0. The third-order valence-corrected chi connectivity index (χ3v) is 5.49. The number of amides is 1. The zero-order valence-corrected chi connectivity index (χ0v) is 17.9. The van der Waals surface area contributed by atoms with Crippen LogP contribution in [0.15, 0.2) is 55.1 Å². The van der Waals surface area contributed by atoms with E-state index in [1.165, 1.54) is 0 Å². The quantitative estimate of drug-likeness (QED) is 0.657. The molecule has 2 aromatic heterocycles. The average Bonchev–Trinajstić information content (AvgIpc) is 2.81. The lowest BCUT2D eigenvalue weighted by Crippen LogP contribution is -2.43. The number of rotatable bonds is 6. The molecule has 31 heavy (non-hydrogen) atoms. The highest BCUT2D eigenvalue weighted by Crippen LogP contribution is 2.25. The molecule has 7 heteroatoms. The van der Waals surface area contributed by atoms with Gasteiger partial charge in [-0.15, -0.1) is 0 Å². The van der Waals surface area contributed by atoms with Gasteiger partial charge in [-0.3, -0.25) is 9.78 Å². The Morgan fingerprint density at radius 1 is 1.16 bits per heavy atom. The number of nitrogens with one attached hydrogen (secondary N) is 1. The molecule has 160 valence electrons. The van der Waals surface area contributed by atoms with E-state index in [0.717, 1.165) is 47.6 Å². The number of aryl methyl sites for hydroxylation is 2. The van der Waals surface area contributed by atoms with Crippen LogP contribution >= 0.6 is 0 Å². The summed E-state index contributed by atoms with van der Waals surface area (Å²) in [6.07, 6.45) is 8.66. The van der Waals surface area contributed by atoms with Gasteiger partial charge in [0.2, 0.25) is 11.8 Å². The van der Waals surface area contributed by atoms with Gasteiger partial charge in [-0.2, -0.15) is 0 Å². The van der Waals surface area contributed by atoms with E-state index in [1.54, 1.807) is 24.8 Å². The number of benzene rings is 1. The number of hydrogen-bond donors (Lipinski definition) is 1. The lowest BCUT2D eigenvalue weighted by Gasteiger charge is -2.32. The number of ether oxygens (including phenoxy) is 1. The second kappa shape index (κ2) is 9.55. The summed E-state index contributed by atoms with van der Waals surface area (Å²) in [4.78, 5) is 27.7. The van der Waals surface area contributed by atoms with E-state index in [4.69, 9.17) is 4.74 Å². The second-order valence-electron chi connectivity index (χ2n) is 7.94. The number of carbonyl (C=O) groups excluding carboxylic acids is 1. The molecule has 1 aliphatic heterocycles. The highest BCUT2D eigenvalue weighted by atomic mass is 16.5. The zero-order valence-electron chi connectivity index (χ0n) is 17.9. The minimum atomic E-state index is -0.0596. The first-order valence-electron chi connectivity index (χ1n) is 10.6. The van der Waals surface area contributed by atoms with Crippen molar-refractivity contribution in [2.24, 2.45) is 5.92 Å². The molecular formula is C24H27N5O2. The van der Waals surface area contributed by atoms with Crippen LogP contribution in [0, 0.1) is 19.8 Å². The SMILES string of the molecule is Cc1ccc(C)c(Oc2ccc(CNC(=O)C3CCCN(c4cnccn4)C3)cn2)c1. The van der Waals surface area contributed by atoms with Crippen molar-refractivity contribution < 1.29 is 9.53 Å². The van der Waals surface area contributed by atoms with Gasteiger partial charge in [-0.05, 0) is 49.4 Å². The minimum absolute atomic E-state index is 0.0595. The first-order chi connectivity index (χ1) is 15.1. The van der Waals surface area contributed by atoms with Crippen LogP contribution in [0.3, 0.4) is 0 Å². The normalized spacial score (nSPS) is 16.1. The zero-order chi connectivity index (χ0) is 21.6. The third kappa shape index (κ3) is 5.36. The maximum absolute atomic E-state index is 12.7. The van der Waals surface area contributed by atoms with Crippen molar-refractivity contribution in [1.29, 1.82) is 0 Å². The van der Waals surface area contributed by atoms with Crippen LogP contribution in [0.1, 0.15) is 29.5 Å². The summed E-state index contributed by atoms with van der Waals surface area (Å²) in [5.41, 5.74) is 3.13. The Morgan fingerprint density at radius 2 is 2.06 bits per heavy atom. The number of nitrogens with zero attached hydrogens (tertiary/aromatic N) is 4. The summed E-state index contributed by atoms with van der Waals surface area (Å²) < 4.78 is 5.90. The van der Waals surface area contributed by atoms with Crippen LogP contribution in [-0.2, 0) is 11.3 Å². The van der Waals surface area contributed by atoms with Gasteiger partial charge in [0.25, 0.3) is 0 Å². The molecule has 7 nitrogen and oxygen atoms in total. The van der Waals surface area contributed by atoms with E-state index in [9.17, 15) is 4.79 Å². The van der Waals surface area contributed by atoms with Crippen molar-refractivity contribution in [1.82, 2.24) is 20.3 Å². The van der Waals surface area contributed by atoms with E-state index in [1.807, 2.05) is 38.1 Å². The molecule has 0 bridgehead atoms. The van der Waals surface area contributed by atoms with Gasteiger partial charge < -0.3 is 15.0 Å². The van der Waals surface area contributed by atoms with Crippen LogP contribution in [0.2, 0.25) is 0 Å². The Bertz CT molecular complexity index is 1020. The molecule has 1 aliphatic rings. The minimum Gasteiger partial charge on any atom is -0.439 e. The van der Waals surface area contributed by atoms with E-state index < -0.39 is 0 Å². The largest absolute Gasteiger partial charge is 0.439 e. The van der Waals surface area contributed by atoms with Crippen LogP contribution in [0.4, 0.5) is 5.82 Å². The molecule has 1 aromatic carbocycles. The number of anilines is 1. The van der Waals surface area contributed by atoms with Crippen molar-refractivity contribution in [2.75, 3.05) is 18.0 Å². The molecular weight excluding hydrogens is 390 g/mol. The number of carbonyl (C=O) groups is 1. The summed E-state index contributed by atoms with van der Waals surface area (Å²) in [6.45, 7) is 6.04. The highest BCUT2D eigenvalue weighted by Gasteiger charge is 2.26. The Kier molecular flexibility index (Phi) is 6.40. The molecule has 0 spiro atoms. The predicted octanol–water partition coefficient (Wildman–Crippen LogP) is 3.81. The van der Waals surface area contributed by atoms with E-state index in [2.05, 4.69) is 31.2 Å². The van der Waals surface area contributed by atoms with Gasteiger partial charge >= 0.3 is 0 Å². The van der Waals surface area contributed by atoms with Crippen LogP contribution in [0.25, 0.3) is 0 Å². The van der Waals surface area contributed by atoms with Crippen molar-refractivity contribution in [3.8, 4) is 11.6 Å². The molecule has 1 unspecified atom stereocenters. The molecule has 3 aromatic rings. The maximum atomic E-state index is 12.7. The second-order valence-corrected chi connectivity index (χ2v) is 7.94. The lowest BCUT2D eigenvalue weighted by molar-refractivity contribution is -0.125. The Hall–Kier alpha value is -3.48. The molecule has 1 amide bonds. The molecule has 1 atom stereocenters. The van der Waals surface area contributed by atoms with Crippen LogP contribution in [-0.4, -0.2) is 33.9 Å². The molecule has 0 aliphatic carbocycles. The van der Waals surface area contributed by atoms with Crippen LogP contribution < -0.4 is 15.0 Å².